The van der Waals surface area contributed by atoms with E-state index in [0.29, 0.717) is 57.9 Å². The van der Waals surface area contributed by atoms with Crippen LogP contribution < -0.4 is 72.9 Å². The molecule has 0 saturated carbocycles. The fourth-order valence-corrected chi connectivity index (χ4v) is 10.6. The average molecular weight is 1170 g/mol. The van der Waals surface area contributed by atoms with Crippen molar-refractivity contribution in [2.24, 2.45) is 0 Å². The van der Waals surface area contributed by atoms with Crippen LogP contribution in [0.3, 0.4) is 0 Å². The number of ether oxygens (including phenoxy) is 1. The van der Waals surface area contributed by atoms with E-state index in [2.05, 4.69) is 55.0 Å². The SMILES string of the molecule is CCOC(=O)[C@H](C)OP(=O)(CCNC(=O)c1ccc(N(C)Cc2cnc3nc(N)nc(N)c3n2)cc1)Cc1ccccc1.C[C@H](OP(=O)(O)CCNC(=O)c1ccc(N(C)Cc2cnc3nc(N)nc(N)c3n2)cc1)C(=O)O.O.[Na+].[OH-]. The van der Waals surface area contributed by atoms with Crippen LogP contribution in [0.1, 0.15) is 58.4 Å². The quantitative estimate of drug-likeness (QED) is 0.0238. The topological polar surface area (TPSA) is 470 Å². The molecule has 3 aromatic carbocycles. The molecule has 0 radical (unpaired) electrons. The van der Waals surface area contributed by atoms with Gasteiger partial charge in [-0.25, -0.2) is 29.5 Å². The predicted molar refractivity (Wildman–Crippen MR) is 298 cm³/mol. The van der Waals surface area contributed by atoms with Gasteiger partial charge in [-0.2, -0.15) is 19.9 Å². The summed E-state index contributed by atoms with van der Waals surface area (Å²) in [4.78, 5) is 94.9. The van der Waals surface area contributed by atoms with Gasteiger partial charge in [0.15, 0.2) is 46.2 Å². The number of nitrogens with zero attached hydrogens (tertiary/aromatic N) is 10. The number of fused-ring (bicyclic) bond motifs is 2. The van der Waals surface area contributed by atoms with E-state index in [1.165, 1.54) is 6.92 Å². The number of hydrogen-bond donors (Lipinski definition) is 8. The molecule has 4 atom stereocenters. The van der Waals surface area contributed by atoms with Crippen LogP contribution in [0.2, 0.25) is 0 Å². The van der Waals surface area contributed by atoms with Gasteiger partial charge in [-0.3, -0.25) is 23.2 Å². The van der Waals surface area contributed by atoms with E-state index in [4.69, 9.17) is 37.3 Å². The summed E-state index contributed by atoms with van der Waals surface area (Å²) in [6, 6.07) is 22.9. The minimum absolute atomic E-state index is 0. The Morgan fingerprint density at radius 1 is 0.654 bits per heavy atom. The number of carboxylic acid groups (broad SMARTS) is 1. The first-order valence-electron chi connectivity index (χ1n) is 24.0. The molecular weight excluding hydrogens is 1110 g/mol. The number of hydrogen-bond acceptors (Lipinski definition) is 24. The van der Waals surface area contributed by atoms with Crippen molar-refractivity contribution in [3.8, 4) is 0 Å². The zero-order valence-electron chi connectivity index (χ0n) is 45.2. The molecule has 0 aliphatic carbocycles. The minimum atomic E-state index is -4.16. The predicted octanol–water partition coefficient (Wildman–Crippen LogP) is 0.0249. The van der Waals surface area contributed by atoms with Crippen molar-refractivity contribution in [2.75, 3.05) is 78.9 Å². The fraction of sp³-hybridized carbons (Fsp3) is 0.306. The number of carboxylic acids is 1. The molecule has 29 nitrogen and oxygen atoms in total. The summed E-state index contributed by atoms with van der Waals surface area (Å²) in [5, 5.41) is 14.1. The number of nitrogens with two attached hydrogens (primary N) is 4. The van der Waals surface area contributed by atoms with Gasteiger partial charge in [0.05, 0.1) is 49.6 Å². The van der Waals surface area contributed by atoms with Crippen LogP contribution in [0.5, 0.6) is 0 Å². The summed E-state index contributed by atoms with van der Waals surface area (Å²) in [5.41, 5.74) is 28.8. The van der Waals surface area contributed by atoms with Crippen LogP contribution in [0.4, 0.5) is 34.9 Å². The summed E-state index contributed by atoms with van der Waals surface area (Å²) in [6.45, 7) is 5.28. The van der Waals surface area contributed by atoms with Crippen molar-refractivity contribution >= 4 is 96.0 Å². The number of amides is 2. The number of benzene rings is 3. The van der Waals surface area contributed by atoms with E-state index in [1.54, 1.807) is 55.7 Å². The van der Waals surface area contributed by atoms with Crippen LogP contribution in [-0.2, 0) is 51.8 Å². The molecular formula is C49H63N16NaO13P2. The summed E-state index contributed by atoms with van der Waals surface area (Å²) < 4.78 is 41.1. The van der Waals surface area contributed by atoms with Crippen molar-refractivity contribution in [2.45, 2.75) is 52.2 Å². The van der Waals surface area contributed by atoms with E-state index >= 15 is 0 Å². The van der Waals surface area contributed by atoms with Gasteiger partial charge in [0.2, 0.25) is 19.3 Å². The number of nitrogens with one attached hydrogen (secondary N) is 2. The van der Waals surface area contributed by atoms with Crippen LogP contribution in [0, 0.1) is 0 Å². The zero-order chi connectivity index (χ0) is 56.7. The van der Waals surface area contributed by atoms with E-state index in [1.807, 2.05) is 66.4 Å². The molecule has 7 aromatic rings. The van der Waals surface area contributed by atoms with Crippen LogP contribution in [-0.4, -0.2) is 143 Å². The Hall–Kier alpha value is -7.56. The van der Waals surface area contributed by atoms with Crippen molar-refractivity contribution < 1.29 is 92.6 Å². The number of esters is 1. The van der Waals surface area contributed by atoms with Gasteiger partial charge in [-0.15, -0.1) is 0 Å². The number of aromatic nitrogens is 8. The number of anilines is 6. The van der Waals surface area contributed by atoms with E-state index < -0.39 is 51.2 Å². The molecule has 0 aliphatic heterocycles. The van der Waals surface area contributed by atoms with Gasteiger partial charge in [-0.05, 0) is 74.9 Å². The molecule has 2 amide bonds. The molecule has 0 saturated heterocycles. The van der Waals surface area contributed by atoms with Crippen LogP contribution in [0.25, 0.3) is 22.3 Å². The molecule has 0 aliphatic rings. The molecule has 4 heterocycles. The maximum atomic E-state index is 13.8. The first-order valence-corrected chi connectivity index (χ1v) is 27.8. The Labute approximate surface area is 486 Å². The fourth-order valence-electron chi connectivity index (χ4n) is 7.34. The Balaban J connectivity index is 0.000000418. The molecule has 7 rings (SSSR count). The standard InChI is InChI=1S/C29H35N8O5P.C20H25N8O6P.Na.2H2O/c1-4-41-28(39)19(2)42-43(40,18-20-8-6-5-7-9-20)15-14-32-27(38)21-10-12-23(13-11-21)37(3)17-22-16-33-26-24(34-22)25(30)35-29(31)36-26;1-11(19(30)31)34-35(32,33)8-7-23-18(29)12-3-5-14(6-4-12)28(2)10-13-9-24-17-15(25-13)16(21)26-20(22)27-17;;;/h5-13,16,19H,4,14-15,17-18H2,1-3H3,(H,32,38)(H4,30,31,33,35,36);3-6,9,11H,7-8,10H2,1-2H3,(H,23,29)(H,30,31)(H,32,33)(H4,21,22,24,26,27);;2*1H2/q;;+1;;/p-1/t19-,43?;11-;;;/m00.../s1. The molecule has 32 heteroatoms. The number of carbonyl (C=O) groups is 4. The van der Waals surface area contributed by atoms with Crippen molar-refractivity contribution in [3.05, 3.63) is 119 Å². The number of rotatable bonds is 23. The molecule has 428 valence electrons. The largest absolute Gasteiger partial charge is 1.00 e. The monoisotopic (exact) mass is 1170 g/mol. The van der Waals surface area contributed by atoms with E-state index in [9.17, 15) is 33.2 Å². The van der Waals surface area contributed by atoms with Gasteiger partial charge in [0.1, 0.15) is 0 Å². The summed E-state index contributed by atoms with van der Waals surface area (Å²) in [5.74, 6) is -2.37. The molecule has 15 N–H and O–H groups in total. The van der Waals surface area contributed by atoms with Crippen LogP contribution >= 0.6 is 15.0 Å². The molecule has 0 spiro atoms. The van der Waals surface area contributed by atoms with Crippen molar-refractivity contribution in [3.63, 3.8) is 0 Å². The van der Waals surface area contributed by atoms with Gasteiger partial charge < -0.3 is 73.6 Å². The molecule has 81 heavy (non-hydrogen) atoms. The first kappa shape index (κ1) is 67.7. The maximum Gasteiger partial charge on any atom is 1.00 e. The second kappa shape index (κ2) is 30.9. The van der Waals surface area contributed by atoms with Gasteiger partial charge in [0, 0.05) is 62.0 Å². The van der Waals surface area contributed by atoms with E-state index in [0.717, 1.165) is 23.9 Å². The van der Waals surface area contributed by atoms with Crippen molar-refractivity contribution in [1.82, 2.24) is 50.5 Å². The maximum absolute atomic E-state index is 13.8. The Bertz CT molecular complexity index is 3360. The molecule has 0 bridgehead atoms. The minimum Gasteiger partial charge on any atom is -0.870 e. The molecule has 0 fully saturated rings. The van der Waals surface area contributed by atoms with E-state index in [-0.39, 0.29) is 102 Å². The summed E-state index contributed by atoms with van der Waals surface area (Å²) in [7, 11) is -3.80. The Morgan fingerprint density at radius 3 is 1.53 bits per heavy atom. The third-order valence-electron chi connectivity index (χ3n) is 11.3. The Kier molecular flexibility index (Phi) is 25.8. The second-order valence-electron chi connectivity index (χ2n) is 17.4. The smallest absolute Gasteiger partial charge is 0.870 e. The summed E-state index contributed by atoms with van der Waals surface area (Å²) in [6.07, 6.45) is 0.479. The van der Waals surface area contributed by atoms with Gasteiger partial charge >= 0.3 is 49.1 Å². The molecule has 2 unspecified atom stereocenters. The Morgan fingerprint density at radius 2 is 1.10 bits per heavy atom. The normalized spacial score (nSPS) is 12.9. The van der Waals surface area contributed by atoms with Gasteiger partial charge in [0.25, 0.3) is 11.8 Å². The van der Waals surface area contributed by atoms with Gasteiger partial charge in [-0.1, -0.05) is 30.3 Å². The average Bonchev–Trinajstić information content (AvgIpc) is 3.46. The summed E-state index contributed by atoms with van der Waals surface area (Å²) >= 11 is 0. The third-order valence-corrected chi connectivity index (χ3v) is 15.2. The van der Waals surface area contributed by atoms with Crippen LogP contribution in [0.15, 0.2) is 91.3 Å². The second-order valence-corrected chi connectivity index (χ2v) is 22.0. The third kappa shape index (κ3) is 19.9. The first-order chi connectivity index (χ1) is 37.0. The number of carbonyl (C=O) groups excluding carboxylic acids is 3. The zero-order valence-corrected chi connectivity index (χ0v) is 49.0. The molecule has 4 aromatic heterocycles. The van der Waals surface area contributed by atoms with Crippen molar-refractivity contribution in [1.29, 1.82) is 0 Å². The number of aliphatic carboxylic acids is 1. The number of nitrogen functional groups attached to an aromatic ring is 4.